The molecule has 5 nitrogen and oxygen atoms in total. The molecular formula is C26H22BrClFN3O2. The Morgan fingerprint density at radius 1 is 1.12 bits per heavy atom. The summed E-state index contributed by atoms with van der Waals surface area (Å²) in [6.45, 7) is 6.16. The van der Waals surface area contributed by atoms with Crippen molar-refractivity contribution in [2.75, 3.05) is 0 Å². The van der Waals surface area contributed by atoms with E-state index in [4.69, 9.17) is 21.3 Å². The molecule has 0 saturated carbocycles. The molecule has 0 aliphatic carbocycles. The number of hydrogen-bond donors (Lipinski definition) is 0. The molecule has 0 radical (unpaired) electrons. The van der Waals surface area contributed by atoms with Gasteiger partial charge < -0.3 is 4.74 Å². The fourth-order valence-electron chi connectivity index (χ4n) is 3.35. The first-order chi connectivity index (χ1) is 16.1. The first kappa shape index (κ1) is 24.1. The van der Waals surface area contributed by atoms with Gasteiger partial charge in [0, 0.05) is 20.5 Å². The van der Waals surface area contributed by atoms with Gasteiger partial charge in [-0.3, -0.25) is 4.79 Å². The Balaban J connectivity index is 1.75. The number of ether oxygens (including phenoxy) is 1. The summed E-state index contributed by atoms with van der Waals surface area (Å²) < 4.78 is 21.2. The predicted octanol–water partition coefficient (Wildman–Crippen LogP) is 6.71. The third-order valence-electron chi connectivity index (χ3n) is 5.07. The van der Waals surface area contributed by atoms with Crippen LogP contribution in [0.15, 0.2) is 75.0 Å². The maximum absolute atomic E-state index is 13.4. The van der Waals surface area contributed by atoms with Gasteiger partial charge in [0.2, 0.25) is 0 Å². The number of hydrogen-bond acceptors (Lipinski definition) is 4. The van der Waals surface area contributed by atoms with E-state index < -0.39 is 5.41 Å². The van der Waals surface area contributed by atoms with Crippen LogP contribution in [0.5, 0.6) is 5.75 Å². The number of nitrogens with zero attached hydrogens (tertiary/aromatic N) is 3. The van der Waals surface area contributed by atoms with E-state index in [0.717, 1.165) is 10.0 Å². The SMILES string of the molecule is CC(C)(C)c1nc2ccc(Br)cc2c(=O)n1N=Cc1cc(Cl)ccc1OCc1ccc(F)cc1. The van der Waals surface area contributed by atoms with Crippen molar-refractivity contribution in [3.8, 4) is 5.75 Å². The fourth-order valence-corrected chi connectivity index (χ4v) is 3.90. The molecule has 1 aromatic heterocycles. The smallest absolute Gasteiger partial charge is 0.282 e. The summed E-state index contributed by atoms with van der Waals surface area (Å²) in [7, 11) is 0. The Bertz CT molecular complexity index is 1440. The lowest BCUT2D eigenvalue weighted by Gasteiger charge is -2.21. The van der Waals surface area contributed by atoms with Gasteiger partial charge in [0.1, 0.15) is 24.0 Å². The molecule has 0 saturated heterocycles. The highest BCUT2D eigenvalue weighted by Crippen LogP contribution is 2.25. The molecule has 0 aliphatic heterocycles. The van der Waals surface area contributed by atoms with Gasteiger partial charge in [0.25, 0.3) is 5.56 Å². The molecule has 0 spiro atoms. The first-order valence-electron chi connectivity index (χ1n) is 10.6. The van der Waals surface area contributed by atoms with Gasteiger partial charge in [-0.2, -0.15) is 9.78 Å². The van der Waals surface area contributed by atoms with E-state index in [-0.39, 0.29) is 18.0 Å². The first-order valence-corrected chi connectivity index (χ1v) is 11.7. The van der Waals surface area contributed by atoms with Gasteiger partial charge in [0.15, 0.2) is 0 Å². The van der Waals surface area contributed by atoms with Gasteiger partial charge in [0.05, 0.1) is 17.1 Å². The lowest BCUT2D eigenvalue weighted by molar-refractivity contribution is 0.305. The van der Waals surface area contributed by atoms with Crippen LogP contribution in [0.3, 0.4) is 0 Å². The normalized spacial score (nSPS) is 11.9. The molecule has 0 amide bonds. The van der Waals surface area contributed by atoms with E-state index >= 15 is 0 Å². The third kappa shape index (κ3) is 5.37. The second-order valence-corrected chi connectivity index (χ2v) is 10.2. The molecule has 4 rings (SSSR count). The van der Waals surface area contributed by atoms with Crippen molar-refractivity contribution in [2.24, 2.45) is 5.10 Å². The van der Waals surface area contributed by atoms with Crippen LogP contribution >= 0.6 is 27.5 Å². The van der Waals surface area contributed by atoms with Crippen LogP contribution in [0, 0.1) is 5.82 Å². The Kier molecular flexibility index (Phi) is 6.86. The topological polar surface area (TPSA) is 56.5 Å². The maximum atomic E-state index is 13.4. The summed E-state index contributed by atoms with van der Waals surface area (Å²) >= 11 is 9.64. The van der Waals surface area contributed by atoms with Crippen molar-refractivity contribution >= 4 is 44.6 Å². The van der Waals surface area contributed by atoms with Crippen LogP contribution in [-0.2, 0) is 12.0 Å². The Labute approximate surface area is 210 Å². The predicted molar refractivity (Wildman–Crippen MR) is 138 cm³/mol. The number of aromatic nitrogens is 2. The van der Waals surface area contributed by atoms with E-state index in [1.165, 1.54) is 23.0 Å². The van der Waals surface area contributed by atoms with Crippen LogP contribution in [0.25, 0.3) is 10.9 Å². The van der Waals surface area contributed by atoms with E-state index in [2.05, 4.69) is 21.0 Å². The fraction of sp³-hybridized carbons (Fsp3) is 0.192. The van der Waals surface area contributed by atoms with Crippen molar-refractivity contribution in [2.45, 2.75) is 32.8 Å². The van der Waals surface area contributed by atoms with Gasteiger partial charge >= 0.3 is 0 Å². The highest BCUT2D eigenvalue weighted by Gasteiger charge is 2.23. The Morgan fingerprint density at radius 3 is 2.56 bits per heavy atom. The van der Waals surface area contributed by atoms with E-state index in [1.807, 2.05) is 32.9 Å². The average molecular weight is 543 g/mol. The summed E-state index contributed by atoms with van der Waals surface area (Å²) in [5.74, 6) is 0.748. The van der Waals surface area contributed by atoms with Crippen molar-refractivity contribution in [3.05, 3.63) is 103 Å². The molecule has 0 unspecified atom stereocenters. The number of fused-ring (bicyclic) bond motifs is 1. The molecule has 0 fully saturated rings. The summed E-state index contributed by atoms with van der Waals surface area (Å²) in [5.41, 5.74) is 1.30. The van der Waals surface area contributed by atoms with Crippen molar-refractivity contribution in [1.82, 2.24) is 9.66 Å². The molecule has 174 valence electrons. The molecule has 3 aromatic carbocycles. The summed E-state index contributed by atoms with van der Waals surface area (Å²) in [4.78, 5) is 18.1. The van der Waals surface area contributed by atoms with Crippen molar-refractivity contribution in [3.63, 3.8) is 0 Å². The molecular weight excluding hydrogens is 521 g/mol. The molecule has 0 bridgehead atoms. The highest BCUT2D eigenvalue weighted by molar-refractivity contribution is 9.10. The highest BCUT2D eigenvalue weighted by atomic mass is 79.9. The van der Waals surface area contributed by atoms with Crippen LogP contribution in [-0.4, -0.2) is 15.9 Å². The Morgan fingerprint density at radius 2 is 1.85 bits per heavy atom. The monoisotopic (exact) mass is 541 g/mol. The molecule has 34 heavy (non-hydrogen) atoms. The zero-order valence-electron chi connectivity index (χ0n) is 18.8. The second kappa shape index (κ2) is 9.68. The van der Waals surface area contributed by atoms with Gasteiger partial charge in [-0.25, -0.2) is 9.37 Å². The zero-order chi connectivity index (χ0) is 24.5. The number of rotatable bonds is 5. The van der Waals surface area contributed by atoms with Crippen LogP contribution in [0.1, 0.15) is 37.7 Å². The summed E-state index contributed by atoms with van der Waals surface area (Å²) in [6.07, 6.45) is 1.54. The van der Waals surface area contributed by atoms with E-state index in [1.54, 1.807) is 36.4 Å². The van der Waals surface area contributed by atoms with Crippen LogP contribution < -0.4 is 10.3 Å². The van der Waals surface area contributed by atoms with E-state index in [0.29, 0.717) is 33.1 Å². The molecule has 8 heteroatoms. The average Bonchev–Trinajstić information content (AvgIpc) is 2.78. The summed E-state index contributed by atoms with van der Waals surface area (Å²) in [6, 6.07) is 16.6. The molecule has 0 aliphatic rings. The standard InChI is InChI=1S/C26H22BrClFN3O2/c1-26(2,3)25-31-22-10-6-18(27)13-21(22)24(33)32(25)30-14-17-12-19(28)7-11-23(17)34-15-16-4-8-20(29)9-5-16/h4-14H,15H2,1-3H3. The maximum Gasteiger partial charge on any atom is 0.282 e. The molecule has 0 atom stereocenters. The van der Waals surface area contributed by atoms with Gasteiger partial charge in [-0.1, -0.05) is 60.4 Å². The van der Waals surface area contributed by atoms with E-state index in [9.17, 15) is 9.18 Å². The Hall–Kier alpha value is -3.03. The zero-order valence-corrected chi connectivity index (χ0v) is 21.2. The van der Waals surface area contributed by atoms with Crippen molar-refractivity contribution < 1.29 is 9.13 Å². The lowest BCUT2D eigenvalue weighted by Crippen LogP contribution is -2.29. The minimum atomic E-state index is -0.436. The van der Waals surface area contributed by atoms with Gasteiger partial charge in [-0.05, 0) is 54.1 Å². The second-order valence-electron chi connectivity index (χ2n) is 8.81. The number of benzene rings is 3. The minimum absolute atomic E-state index is 0.238. The largest absolute Gasteiger partial charge is 0.488 e. The van der Waals surface area contributed by atoms with Crippen LogP contribution in [0.2, 0.25) is 5.02 Å². The van der Waals surface area contributed by atoms with Crippen molar-refractivity contribution in [1.29, 1.82) is 0 Å². The minimum Gasteiger partial charge on any atom is -0.488 e. The van der Waals surface area contributed by atoms with Crippen LogP contribution in [0.4, 0.5) is 4.39 Å². The lowest BCUT2D eigenvalue weighted by atomic mass is 9.95. The summed E-state index contributed by atoms with van der Waals surface area (Å²) in [5, 5.41) is 5.46. The molecule has 1 heterocycles. The number of halogens is 3. The quantitative estimate of drug-likeness (QED) is 0.263. The molecule has 4 aromatic rings. The third-order valence-corrected chi connectivity index (χ3v) is 5.80. The van der Waals surface area contributed by atoms with Gasteiger partial charge in [-0.15, -0.1) is 0 Å². The molecule has 0 N–H and O–H groups in total.